The molecule has 0 saturated carbocycles. The van der Waals surface area contributed by atoms with Crippen LogP contribution in [0.25, 0.3) is 10.1 Å². The number of aromatic nitrogens is 1. The highest BCUT2D eigenvalue weighted by atomic mass is 32.1. The van der Waals surface area contributed by atoms with Crippen molar-refractivity contribution >= 4 is 27.4 Å². The van der Waals surface area contributed by atoms with Gasteiger partial charge in [0.1, 0.15) is 12.4 Å². The Balaban J connectivity index is 1.84. The molecule has 0 saturated heterocycles. The Morgan fingerprint density at radius 3 is 2.68 bits per heavy atom. The van der Waals surface area contributed by atoms with Crippen LogP contribution in [0.4, 0.5) is 13.2 Å². The number of aryl methyl sites for hydroxylation is 1. The van der Waals surface area contributed by atoms with E-state index >= 15 is 0 Å². The monoisotopic (exact) mass is 409 g/mol. The van der Waals surface area contributed by atoms with Gasteiger partial charge in [-0.25, -0.2) is 4.98 Å². The van der Waals surface area contributed by atoms with Gasteiger partial charge in [0.05, 0.1) is 5.92 Å². The van der Waals surface area contributed by atoms with Crippen LogP contribution < -0.4 is 4.74 Å². The van der Waals surface area contributed by atoms with Crippen molar-refractivity contribution < 1.29 is 27.8 Å². The van der Waals surface area contributed by atoms with Gasteiger partial charge in [0, 0.05) is 16.0 Å². The molecule has 0 bridgehead atoms. The second kappa shape index (κ2) is 7.79. The molecule has 148 valence electrons. The first-order chi connectivity index (χ1) is 13.2. The van der Waals surface area contributed by atoms with E-state index in [9.17, 15) is 23.1 Å². The third-order valence-corrected chi connectivity index (χ3v) is 5.40. The van der Waals surface area contributed by atoms with Gasteiger partial charge < -0.3 is 9.84 Å². The summed E-state index contributed by atoms with van der Waals surface area (Å²) in [6, 6.07) is 7.99. The van der Waals surface area contributed by atoms with Crippen LogP contribution in [0.2, 0.25) is 0 Å². The number of carboxylic acids is 1. The summed E-state index contributed by atoms with van der Waals surface area (Å²) in [5, 5.41) is 12.0. The minimum atomic E-state index is -4.55. The number of halogens is 3. The van der Waals surface area contributed by atoms with E-state index in [1.807, 2.05) is 12.3 Å². The predicted molar refractivity (Wildman–Crippen MR) is 101 cm³/mol. The van der Waals surface area contributed by atoms with Crippen LogP contribution in [0.5, 0.6) is 5.75 Å². The number of ether oxygens (including phenoxy) is 1. The lowest BCUT2D eigenvalue weighted by Crippen LogP contribution is -2.14. The van der Waals surface area contributed by atoms with E-state index in [-0.39, 0.29) is 17.9 Å². The van der Waals surface area contributed by atoms with Crippen LogP contribution in [0, 0.1) is 6.92 Å². The summed E-state index contributed by atoms with van der Waals surface area (Å²) >= 11 is 1.38. The van der Waals surface area contributed by atoms with Crippen LogP contribution >= 0.6 is 11.3 Å². The van der Waals surface area contributed by atoms with Crippen molar-refractivity contribution in [2.24, 2.45) is 0 Å². The zero-order valence-electron chi connectivity index (χ0n) is 15.2. The Bertz CT molecular complexity index is 1010. The normalized spacial score (nSPS) is 12.9. The van der Waals surface area contributed by atoms with Crippen molar-refractivity contribution in [1.29, 1.82) is 0 Å². The molecule has 0 radical (unpaired) electrons. The maximum absolute atomic E-state index is 13.2. The van der Waals surface area contributed by atoms with Crippen molar-refractivity contribution in [3.05, 3.63) is 58.2 Å². The third kappa shape index (κ3) is 4.11. The molecule has 4 nitrogen and oxygen atoms in total. The van der Waals surface area contributed by atoms with Crippen LogP contribution in [0.1, 0.15) is 41.8 Å². The number of carbonyl (C=O) groups is 1. The number of hydrogen-bond acceptors (Lipinski definition) is 4. The van der Waals surface area contributed by atoms with Gasteiger partial charge in [-0.1, -0.05) is 13.0 Å². The van der Waals surface area contributed by atoms with E-state index in [1.165, 1.54) is 30.4 Å². The van der Waals surface area contributed by atoms with Gasteiger partial charge in [-0.2, -0.15) is 13.2 Å². The Morgan fingerprint density at radius 1 is 1.29 bits per heavy atom. The molecule has 3 rings (SSSR count). The molecule has 8 heteroatoms. The van der Waals surface area contributed by atoms with Crippen LogP contribution in [0.3, 0.4) is 0 Å². The highest BCUT2D eigenvalue weighted by molar-refractivity contribution is 7.17. The largest absolute Gasteiger partial charge is 0.489 e. The molecule has 0 aliphatic heterocycles. The standard InChI is InChI=1S/C20H18F3NO3S/c1-3-14(19(25)26)16-10-28-17-8-13(6-7-15(16)17)27-9-12-5-4-11(2)24-18(12)20(21,22)23/h4-8,10,14H,3,9H2,1-2H3,(H,25,26). The molecule has 1 unspecified atom stereocenters. The minimum Gasteiger partial charge on any atom is -0.489 e. The number of nitrogens with zero attached hydrogens (tertiary/aromatic N) is 1. The number of benzene rings is 1. The molecule has 0 aliphatic carbocycles. The van der Waals surface area contributed by atoms with Gasteiger partial charge in [-0.3, -0.25) is 4.79 Å². The number of alkyl halides is 3. The maximum Gasteiger partial charge on any atom is 0.433 e. The number of pyridine rings is 1. The molecule has 0 fully saturated rings. The molecule has 0 spiro atoms. The second-order valence-electron chi connectivity index (χ2n) is 6.39. The Labute approximate surface area is 163 Å². The van der Waals surface area contributed by atoms with E-state index in [0.29, 0.717) is 12.2 Å². The molecule has 28 heavy (non-hydrogen) atoms. The van der Waals surface area contributed by atoms with E-state index in [4.69, 9.17) is 4.74 Å². The highest BCUT2D eigenvalue weighted by Gasteiger charge is 2.35. The smallest absolute Gasteiger partial charge is 0.433 e. The first-order valence-electron chi connectivity index (χ1n) is 8.61. The third-order valence-electron chi connectivity index (χ3n) is 4.44. The summed E-state index contributed by atoms with van der Waals surface area (Å²) in [5.74, 6) is -1.06. The topological polar surface area (TPSA) is 59.4 Å². The summed E-state index contributed by atoms with van der Waals surface area (Å²) in [5.41, 5.74) is 0.0392. The van der Waals surface area contributed by atoms with Crippen molar-refractivity contribution in [3.63, 3.8) is 0 Å². The van der Waals surface area contributed by atoms with Gasteiger partial charge in [-0.15, -0.1) is 11.3 Å². The second-order valence-corrected chi connectivity index (χ2v) is 7.31. The van der Waals surface area contributed by atoms with Gasteiger partial charge in [0.15, 0.2) is 5.69 Å². The zero-order valence-corrected chi connectivity index (χ0v) is 16.0. The number of rotatable bonds is 6. The molecule has 2 heterocycles. The van der Waals surface area contributed by atoms with Crippen LogP contribution in [0.15, 0.2) is 35.7 Å². The van der Waals surface area contributed by atoms with Crippen molar-refractivity contribution in [2.45, 2.75) is 39.0 Å². The van der Waals surface area contributed by atoms with Gasteiger partial charge in [0.25, 0.3) is 0 Å². The number of carboxylic acid groups (broad SMARTS) is 1. The summed E-state index contributed by atoms with van der Waals surface area (Å²) in [6.07, 6.45) is -4.08. The summed E-state index contributed by atoms with van der Waals surface area (Å²) < 4.78 is 45.9. The van der Waals surface area contributed by atoms with Gasteiger partial charge in [-0.05, 0) is 53.9 Å². The Kier molecular flexibility index (Phi) is 5.60. The average Bonchev–Trinajstić information content (AvgIpc) is 3.03. The molecule has 1 aromatic carbocycles. The molecule has 0 aliphatic rings. The Hall–Kier alpha value is -2.61. The fourth-order valence-corrected chi connectivity index (χ4v) is 4.07. The average molecular weight is 409 g/mol. The lowest BCUT2D eigenvalue weighted by molar-refractivity contribution is -0.142. The molecule has 0 amide bonds. The predicted octanol–water partition coefficient (Wildman–Crippen LogP) is 5.78. The van der Waals surface area contributed by atoms with Gasteiger partial charge >= 0.3 is 12.1 Å². The SMILES string of the molecule is CCC(C(=O)O)c1csc2cc(OCc3ccc(C)nc3C(F)(F)F)ccc12. The first kappa shape index (κ1) is 20.1. The van der Waals surface area contributed by atoms with Crippen molar-refractivity contribution in [1.82, 2.24) is 4.98 Å². The lowest BCUT2D eigenvalue weighted by Gasteiger charge is -2.13. The van der Waals surface area contributed by atoms with Crippen LogP contribution in [-0.4, -0.2) is 16.1 Å². The molecule has 3 aromatic rings. The molecule has 1 N–H and O–H groups in total. The van der Waals surface area contributed by atoms with E-state index in [2.05, 4.69) is 4.98 Å². The van der Waals surface area contributed by atoms with Crippen molar-refractivity contribution in [2.75, 3.05) is 0 Å². The first-order valence-corrected chi connectivity index (χ1v) is 9.49. The number of hydrogen-bond donors (Lipinski definition) is 1. The fourth-order valence-electron chi connectivity index (χ4n) is 3.02. The van der Waals surface area contributed by atoms with Gasteiger partial charge in [0.2, 0.25) is 0 Å². The fraction of sp³-hybridized carbons (Fsp3) is 0.300. The van der Waals surface area contributed by atoms with E-state index in [0.717, 1.165) is 15.6 Å². The molecule has 1 atom stereocenters. The molecule has 2 aromatic heterocycles. The maximum atomic E-state index is 13.2. The minimum absolute atomic E-state index is 0.0398. The number of thiophene rings is 1. The highest BCUT2D eigenvalue weighted by Crippen LogP contribution is 2.36. The number of fused-ring (bicyclic) bond motifs is 1. The molecular weight excluding hydrogens is 391 g/mol. The molecular formula is C20H18F3NO3S. The quantitative estimate of drug-likeness (QED) is 0.561. The summed E-state index contributed by atoms with van der Waals surface area (Å²) in [4.78, 5) is 15.0. The lowest BCUT2D eigenvalue weighted by atomic mass is 9.96. The van der Waals surface area contributed by atoms with E-state index in [1.54, 1.807) is 18.2 Å². The Morgan fingerprint density at radius 2 is 2.04 bits per heavy atom. The van der Waals surface area contributed by atoms with Crippen LogP contribution in [-0.2, 0) is 17.6 Å². The van der Waals surface area contributed by atoms with Crippen molar-refractivity contribution in [3.8, 4) is 5.75 Å². The van der Waals surface area contributed by atoms with E-state index < -0.39 is 23.8 Å². The number of aliphatic carboxylic acids is 1. The zero-order chi connectivity index (χ0) is 20.5. The summed E-state index contributed by atoms with van der Waals surface area (Å²) in [7, 11) is 0. The summed E-state index contributed by atoms with van der Waals surface area (Å²) in [6.45, 7) is 3.05.